The summed E-state index contributed by atoms with van der Waals surface area (Å²) in [6.07, 6.45) is 0. The molecular weight excluding hydrogens is 247 g/mol. The molecule has 90 valence electrons. The van der Waals surface area contributed by atoms with E-state index in [9.17, 15) is 4.39 Å². The molecule has 0 bridgehead atoms. The molecule has 1 aromatic rings. The van der Waals surface area contributed by atoms with Crippen LogP contribution in [0.15, 0.2) is 18.2 Å². The van der Waals surface area contributed by atoms with Gasteiger partial charge in [-0.3, -0.25) is 0 Å². The second-order valence-corrected chi connectivity index (χ2v) is 5.05. The van der Waals surface area contributed by atoms with Gasteiger partial charge < -0.3 is 4.74 Å². The second-order valence-electron chi connectivity index (χ2n) is 3.71. The lowest BCUT2D eigenvalue weighted by atomic mass is 10.2. The zero-order valence-electron chi connectivity index (χ0n) is 9.50. The van der Waals surface area contributed by atoms with Crippen LogP contribution in [-0.4, -0.2) is 18.7 Å². The van der Waals surface area contributed by atoms with Gasteiger partial charge in [0.2, 0.25) is 0 Å². The van der Waals surface area contributed by atoms with E-state index in [4.69, 9.17) is 16.3 Å². The van der Waals surface area contributed by atoms with Crippen molar-refractivity contribution >= 4 is 23.4 Å². The summed E-state index contributed by atoms with van der Waals surface area (Å²) in [6.45, 7) is 2.09. The molecule has 16 heavy (non-hydrogen) atoms. The third-order valence-electron chi connectivity index (χ3n) is 2.19. The summed E-state index contributed by atoms with van der Waals surface area (Å²) in [7, 11) is 1.48. The highest BCUT2D eigenvalue weighted by atomic mass is 35.5. The highest BCUT2D eigenvalue weighted by Gasteiger charge is 2.08. The minimum absolute atomic E-state index is 0.254. The molecule has 0 radical (unpaired) electrons. The van der Waals surface area contributed by atoms with Gasteiger partial charge in [-0.2, -0.15) is 11.8 Å². The van der Waals surface area contributed by atoms with Crippen LogP contribution in [0, 0.1) is 11.7 Å². The van der Waals surface area contributed by atoms with Crippen molar-refractivity contribution in [1.29, 1.82) is 0 Å². The number of hydrogen-bond donors (Lipinski definition) is 0. The molecule has 0 heterocycles. The predicted molar refractivity (Wildman–Crippen MR) is 69.0 cm³/mol. The van der Waals surface area contributed by atoms with Gasteiger partial charge in [-0.05, 0) is 17.7 Å². The molecule has 1 atom stereocenters. The molecule has 0 aromatic heterocycles. The Morgan fingerprint density at radius 2 is 2.25 bits per heavy atom. The maximum Gasteiger partial charge on any atom is 0.169 e. The molecule has 0 aliphatic rings. The number of rotatable bonds is 6. The summed E-state index contributed by atoms with van der Waals surface area (Å²) >= 11 is 7.40. The Hall–Kier alpha value is -0.410. The van der Waals surface area contributed by atoms with Crippen molar-refractivity contribution in [2.45, 2.75) is 12.7 Å². The van der Waals surface area contributed by atoms with Gasteiger partial charge in [-0.25, -0.2) is 4.39 Å². The largest absolute Gasteiger partial charge is 0.494 e. The van der Waals surface area contributed by atoms with Crippen LogP contribution < -0.4 is 4.74 Å². The van der Waals surface area contributed by atoms with E-state index in [0.717, 1.165) is 5.75 Å². The normalized spacial score (nSPS) is 12.5. The lowest BCUT2D eigenvalue weighted by Crippen LogP contribution is -2.00. The van der Waals surface area contributed by atoms with Crippen molar-refractivity contribution in [3.63, 3.8) is 0 Å². The van der Waals surface area contributed by atoms with Gasteiger partial charge in [0.25, 0.3) is 0 Å². The number of alkyl halides is 1. The molecule has 0 fully saturated rings. The first-order chi connectivity index (χ1) is 7.69. The van der Waals surface area contributed by atoms with Crippen LogP contribution in [0.5, 0.6) is 5.75 Å². The first-order valence-electron chi connectivity index (χ1n) is 5.14. The predicted octanol–water partition coefficient (Wildman–Crippen LogP) is 3.94. The number of ether oxygens (including phenoxy) is 1. The molecule has 0 aliphatic carbocycles. The molecular formula is C12H16ClFOS. The zero-order chi connectivity index (χ0) is 12.0. The first-order valence-corrected chi connectivity index (χ1v) is 6.83. The monoisotopic (exact) mass is 262 g/mol. The average molecular weight is 263 g/mol. The molecule has 0 saturated carbocycles. The number of thioether (sulfide) groups is 1. The Bertz CT molecular complexity index is 333. The summed E-state index contributed by atoms with van der Waals surface area (Å²) < 4.78 is 18.6. The molecule has 0 N–H and O–H groups in total. The van der Waals surface area contributed by atoms with Gasteiger partial charge >= 0.3 is 0 Å². The van der Waals surface area contributed by atoms with Gasteiger partial charge in [-0.15, -0.1) is 11.6 Å². The van der Waals surface area contributed by atoms with Crippen LogP contribution in [0.25, 0.3) is 0 Å². The van der Waals surface area contributed by atoms with E-state index >= 15 is 0 Å². The standard InChI is InChI=1S/C12H16ClFOS/c1-9(6-13)7-16-8-10-4-3-5-11(15-2)12(10)14/h3-5,9H,6-8H2,1-2H3. The summed E-state index contributed by atoms with van der Waals surface area (Å²) in [6, 6.07) is 5.23. The third kappa shape index (κ3) is 3.87. The Kier molecular flexibility index (Phi) is 5.99. The molecule has 1 nitrogen and oxygen atoms in total. The van der Waals surface area contributed by atoms with Gasteiger partial charge in [0.15, 0.2) is 11.6 Å². The summed E-state index contributed by atoms with van der Waals surface area (Å²) in [4.78, 5) is 0. The van der Waals surface area contributed by atoms with E-state index in [1.807, 2.05) is 6.07 Å². The van der Waals surface area contributed by atoms with Crippen molar-refractivity contribution in [3.8, 4) is 5.75 Å². The Morgan fingerprint density at radius 3 is 2.88 bits per heavy atom. The summed E-state index contributed by atoms with van der Waals surface area (Å²) in [5.74, 6) is 2.76. The molecule has 0 amide bonds. The van der Waals surface area contributed by atoms with E-state index in [2.05, 4.69) is 6.92 Å². The number of methoxy groups -OCH3 is 1. The number of halogens is 2. The average Bonchev–Trinajstić information content (AvgIpc) is 2.31. The SMILES string of the molecule is COc1cccc(CSCC(C)CCl)c1F. The summed E-state index contributed by atoms with van der Waals surface area (Å²) in [5.41, 5.74) is 0.686. The minimum Gasteiger partial charge on any atom is -0.494 e. The van der Waals surface area contributed by atoms with Gasteiger partial charge in [0.05, 0.1) is 7.11 Å². The molecule has 1 unspecified atom stereocenters. The van der Waals surface area contributed by atoms with E-state index < -0.39 is 0 Å². The lowest BCUT2D eigenvalue weighted by Gasteiger charge is -2.09. The third-order valence-corrected chi connectivity index (χ3v) is 4.03. The van der Waals surface area contributed by atoms with Crippen LogP contribution in [-0.2, 0) is 5.75 Å². The Morgan fingerprint density at radius 1 is 1.50 bits per heavy atom. The Labute approximate surface area is 105 Å². The second kappa shape index (κ2) is 7.02. The maximum absolute atomic E-state index is 13.7. The van der Waals surface area contributed by atoms with E-state index in [-0.39, 0.29) is 5.82 Å². The smallest absolute Gasteiger partial charge is 0.169 e. The van der Waals surface area contributed by atoms with Crippen LogP contribution in [0.2, 0.25) is 0 Å². The summed E-state index contributed by atoms with van der Waals surface area (Å²) in [5, 5.41) is 0. The number of benzene rings is 1. The van der Waals surface area contributed by atoms with Crippen LogP contribution >= 0.6 is 23.4 Å². The van der Waals surface area contributed by atoms with Gasteiger partial charge in [-0.1, -0.05) is 19.1 Å². The molecule has 4 heteroatoms. The fourth-order valence-corrected chi connectivity index (χ4v) is 2.56. The van der Waals surface area contributed by atoms with E-state index in [1.54, 1.807) is 23.9 Å². The quantitative estimate of drug-likeness (QED) is 0.718. The van der Waals surface area contributed by atoms with Crippen molar-refractivity contribution < 1.29 is 9.13 Å². The highest BCUT2D eigenvalue weighted by Crippen LogP contribution is 2.24. The maximum atomic E-state index is 13.7. The van der Waals surface area contributed by atoms with E-state index in [0.29, 0.717) is 28.9 Å². The van der Waals surface area contributed by atoms with Gasteiger partial charge in [0, 0.05) is 17.2 Å². The Balaban J connectivity index is 2.54. The van der Waals surface area contributed by atoms with Crippen molar-refractivity contribution in [1.82, 2.24) is 0 Å². The zero-order valence-corrected chi connectivity index (χ0v) is 11.1. The fraction of sp³-hybridized carbons (Fsp3) is 0.500. The molecule has 0 spiro atoms. The molecule has 0 aliphatic heterocycles. The fourth-order valence-electron chi connectivity index (χ4n) is 1.24. The van der Waals surface area contributed by atoms with Crippen LogP contribution in [0.4, 0.5) is 4.39 Å². The lowest BCUT2D eigenvalue weighted by molar-refractivity contribution is 0.385. The van der Waals surface area contributed by atoms with Gasteiger partial charge in [0.1, 0.15) is 0 Å². The van der Waals surface area contributed by atoms with Crippen molar-refractivity contribution in [2.24, 2.45) is 5.92 Å². The minimum atomic E-state index is -0.254. The first kappa shape index (κ1) is 13.7. The topological polar surface area (TPSA) is 9.23 Å². The number of hydrogen-bond acceptors (Lipinski definition) is 2. The molecule has 1 rings (SSSR count). The van der Waals surface area contributed by atoms with Crippen molar-refractivity contribution in [2.75, 3.05) is 18.7 Å². The van der Waals surface area contributed by atoms with Crippen molar-refractivity contribution in [3.05, 3.63) is 29.6 Å². The molecule has 1 aromatic carbocycles. The van der Waals surface area contributed by atoms with Crippen LogP contribution in [0.3, 0.4) is 0 Å². The molecule has 0 saturated heterocycles. The highest BCUT2D eigenvalue weighted by molar-refractivity contribution is 7.98. The van der Waals surface area contributed by atoms with Crippen LogP contribution in [0.1, 0.15) is 12.5 Å². The van der Waals surface area contributed by atoms with E-state index in [1.165, 1.54) is 7.11 Å².